The highest BCUT2D eigenvalue weighted by molar-refractivity contribution is 7.20. The number of imidazole rings is 1. The maximum absolute atomic E-state index is 12.8. The Morgan fingerprint density at radius 2 is 1.77 bits per heavy atom. The standard InChI is InChI=1S/C17H13N3OS/c1-11(2)19-13-8-4-5-9-14(13)20(17(19)21)16-18-12-7-3-6-10-15(12)22-16/h3-10H,1H2,2H3. The van der Waals surface area contributed by atoms with Gasteiger partial charge < -0.3 is 0 Å². The van der Waals surface area contributed by atoms with Crippen molar-refractivity contribution >= 4 is 38.3 Å². The number of benzene rings is 2. The van der Waals surface area contributed by atoms with Crippen molar-refractivity contribution in [2.45, 2.75) is 6.92 Å². The summed E-state index contributed by atoms with van der Waals surface area (Å²) in [7, 11) is 0. The van der Waals surface area contributed by atoms with E-state index in [0.29, 0.717) is 10.8 Å². The Kier molecular flexibility index (Phi) is 2.77. The van der Waals surface area contributed by atoms with Crippen LogP contribution in [0.3, 0.4) is 0 Å². The minimum absolute atomic E-state index is 0.132. The molecule has 0 atom stereocenters. The first-order valence-electron chi connectivity index (χ1n) is 6.91. The lowest BCUT2D eigenvalue weighted by Crippen LogP contribution is -2.21. The van der Waals surface area contributed by atoms with Crippen molar-refractivity contribution in [3.05, 3.63) is 65.6 Å². The third kappa shape index (κ3) is 1.76. The predicted molar refractivity (Wildman–Crippen MR) is 91.7 cm³/mol. The van der Waals surface area contributed by atoms with E-state index in [1.807, 2.05) is 55.5 Å². The lowest BCUT2D eigenvalue weighted by molar-refractivity contribution is 0.935. The van der Waals surface area contributed by atoms with Crippen molar-refractivity contribution in [3.8, 4) is 5.13 Å². The van der Waals surface area contributed by atoms with Crippen LogP contribution >= 0.6 is 11.3 Å². The molecule has 0 fully saturated rings. The lowest BCUT2D eigenvalue weighted by atomic mass is 10.3. The van der Waals surface area contributed by atoms with Crippen LogP contribution in [0.1, 0.15) is 6.92 Å². The summed E-state index contributed by atoms with van der Waals surface area (Å²) >= 11 is 1.51. The smallest absolute Gasteiger partial charge is 0.265 e. The molecule has 0 saturated heterocycles. The lowest BCUT2D eigenvalue weighted by Gasteiger charge is -1.98. The van der Waals surface area contributed by atoms with Crippen molar-refractivity contribution in [2.75, 3.05) is 0 Å². The minimum Gasteiger partial charge on any atom is -0.265 e. The number of hydrogen-bond acceptors (Lipinski definition) is 3. The van der Waals surface area contributed by atoms with E-state index in [-0.39, 0.29) is 5.69 Å². The second-order valence-corrected chi connectivity index (χ2v) is 6.15. The van der Waals surface area contributed by atoms with Crippen molar-refractivity contribution < 1.29 is 0 Å². The van der Waals surface area contributed by atoms with Gasteiger partial charge in [-0.1, -0.05) is 42.2 Å². The van der Waals surface area contributed by atoms with Crippen molar-refractivity contribution in [1.82, 2.24) is 14.1 Å². The molecule has 22 heavy (non-hydrogen) atoms. The molecule has 2 aromatic heterocycles. The zero-order valence-electron chi connectivity index (χ0n) is 12.0. The average Bonchev–Trinajstić information content (AvgIpc) is 3.04. The van der Waals surface area contributed by atoms with Crippen LogP contribution in [-0.4, -0.2) is 14.1 Å². The number of hydrogen-bond donors (Lipinski definition) is 0. The molecule has 4 rings (SSSR count). The van der Waals surface area contributed by atoms with E-state index in [0.717, 1.165) is 21.3 Å². The van der Waals surface area contributed by atoms with Crippen molar-refractivity contribution in [3.63, 3.8) is 0 Å². The van der Waals surface area contributed by atoms with Gasteiger partial charge >= 0.3 is 5.69 Å². The summed E-state index contributed by atoms with van der Waals surface area (Å²) in [4.78, 5) is 17.4. The molecule has 0 aliphatic heterocycles. The van der Waals surface area contributed by atoms with E-state index in [1.54, 1.807) is 9.13 Å². The molecule has 0 bridgehead atoms. The molecule has 4 nitrogen and oxygen atoms in total. The molecule has 0 unspecified atom stereocenters. The Morgan fingerprint density at radius 3 is 2.50 bits per heavy atom. The first-order valence-corrected chi connectivity index (χ1v) is 7.73. The Bertz CT molecular complexity index is 1050. The molecular formula is C17H13N3OS. The summed E-state index contributed by atoms with van der Waals surface area (Å²) < 4.78 is 4.35. The highest BCUT2D eigenvalue weighted by Gasteiger charge is 2.17. The van der Waals surface area contributed by atoms with E-state index in [1.165, 1.54) is 11.3 Å². The molecule has 0 N–H and O–H groups in total. The van der Waals surface area contributed by atoms with E-state index < -0.39 is 0 Å². The largest absolute Gasteiger partial charge is 0.339 e. The van der Waals surface area contributed by atoms with Gasteiger partial charge in [0.2, 0.25) is 0 Å². The van der Waals surface area contributed by atoms with Gasteiger partial charge in [-0.2, -0.15) is 0 Å². The topological polar surface area (TPSA) is 39.8 Å². The minimum atomic E-state index is -0.132. The maximum atomic E-state index is 12.8. The second kappa shape index (κ2) is 4.68. The first kappa shape index (κ1) is 13.0. The summed E-state index contributed by atoms with van der Waals surface area (Å²) in [5, 5.41) is 0.683. The number of aromatic nitrogens is 3. The molecule has 0 aliphatic carbocycles. The molecule has 4 aromatic rings. The van der Waals surface area contributed by atoms with Crippen LogP contribution in [-0.2, 0) is 0 Å². The molecule has 0 saturated carbocycles. The van der Waals surface area contributed by atoms with Crippen LogP contribution in [0.15, 0.2) is 59.9 Å². The molecular weight excluding hydrogens is 294 g/mol. The van der Waals surface area contributed by atoms with Gasteiger partial charge in [-0.25, -0.2) is 14.3 Å². The normalized spacial score (nSPS) is 11.3. The first-order chi connectivity index (χ1) is 10.7. The second-order valence-electron chi connectivity index (χ2n) is 5.14. The number of rotatable bonds is 2. The number of thiazole rings is 1. The van der Waals surface area contributed by atoms with Crippen LogP contribution in [0.4, 0.5) is 0 Å². The summed E-state index contributed by atoms with van der Waals surface area (Å²) in [6.07, 6.45) is 0. The summed E-state index contributed by atoms with van der Waals surface area (Å²) in [6.45, 7) is 5.75. The quantitative estimate of drug-likeness (QED) is 0.563. The third-order valence-electron chi connectivity index (χ3n) is 3.60. The van der Waals surface area contributed by atoms with Gasteiger partial charge in [0.1, 0.15) is 0 Å². The predicted octanol–water partition coefficient (Wildman–Crippen LogP) is 3.89. The Morgan fingerprint density at radius 1 is 1.09 bits per heavy atom. The number of nitrogens with zero attached hydrogens (tertiary/aromatic N) is 3. The van der Waals surface area contributed by atoms with Gasteiger partial charge in [0.15, 0.2) is 5.13 Å². The molecule has 0 radical (unpaired) electrons. The van der Waals surface area contributed by atoms with E-state index >= 15 is 0 Å². The SMILES string of the molecule is C=C(C)n1c(=O)n(-c2nc3ccccc3s2)c2ccccc21. The molecule has 108 valence electrons. The van der Waals surface area contributed by atoms with E-state index in [2.05, 4.69) is 11.6 Å². The molecule has 0 aliphatic rings. The number of fused-ring (bicyclic) bond motifs is 2. The highest BCUT2D eigenvalue weighted by atomic mass is 32.1. The third-order valence-corrected chi connectivity index (χ3v) is 4.62. The van der Waals surface area contributed by atoms with Crippen LogP contribution in [0, 0.1) is 0 Å². The zero-order valence-corrected chi connectivity index (χ0v) is 12.8. The van der Waals surface area contributed by atoms with Crippen LogP contribution < -0.4 is 5.69 Å². The summed E-state index contributed by atoms with van der Waals surface area (Å²) in [5.41, 5.74) is 3.16. The fourth-order valence-electron chi connectivity index (χ4n) is 2.66. The Hall–Kier alpha value is -2.66. The van der Waals surface area contributed by atoms with Gasteiger partial charge in [0.05, 0.1) is 21.3 Å². The summed E-state index contributed by atoms with van der Waals surface area (Å²) in [6, 6.07) is 15.6. The summed E-state index contributed by atoms with van der Waals surface area (Å²) in [5.74, 6) is 0. The van der Waals surface area contributed by atoms with Gasteiger partial charge in [-0.05, 0) is 31.2 Å². The molecule has 0 spiro atoms. The molecule has 2 aromatic carbocycles. The molecule has 2 heterocycles. The Labute approximate surface area is 130 Å². The van der Waals surface area contributed by atoms with Crippen LogP contribution in [0.25, 0.3) is 32.1 Å². The van der Waals surface area contributed by atoms with Crippen LogP contribution in [0.2, 0.25) is 0 Å². The monoisotopic (exact) mass is 307 g/mol. The highest BCUT2D eigenvalue weighted by Crippen LogP contribution is 2.27. The van der Waals surface area contributed by atoms with E-state index in [9.17, 15) is 4.79 Å². The van der Waals surface area contributed by atoms with Crippen molar-refractivity contribution in [1.29, 1.82) is 0 Å². The van der Waals surface area contributed by atoms with Gasteiger partial charge in [-0.15, -0.1) is 0 Å². The zero-order chi connectivity index (χ0) is 15.3. The molecule has 5 heteroatoms. The number of para-hydroxylation sites is 3. The maximum Gasteiger partial charge on any atom is 0.339 e. The fraction of sp³-hybridized carbons (Fsp3) is 0.0588. The van der Waals surface area contributed by atoms with Crippen LogP contribution in [0.5, 0.6) is 0 Å². The van der Waals surface area contributed by atoms with E-state index in [4.69, 9.17) is 0 Å². The van der Waals surface area contributed by atoms with Gasteiger partial charge in [0.25, 0.3) is 0 Å². The van der Waals surface area contributed by atoms with Gasteiger partial charge in [0, 0.05) is 5.70 Å². The van der Waals surface area contributed by atoms with Crippen molar-refractivity contribution in [2.24, 2.45) is 0 Å². The van der Waals surface area contributed by atoms with Gasteiger partial charge in [-0.3, -0.25) is 4.57 Å². The average molecular weight is 307 g/mol. The fourth-order valence-corrected chi connectivity index (χ4v) is 3.63. The number of allylic oxidation sites excluding steroid dienone is 1. The Balaban J connectivity index is 2.12. The molecule has 0 amide bonds.